The number of fused-ring (bicyclic) bond motifs is 1. The van der Waals surface area contributed by atoms with Gasteiger partial charge in [0.15, 0.2) is 0 Å². The second-order valence-electron chi connectivity index (χ2n) is 4.30. The minimum absolute atomic E-state index is 0.222. The lowest BCUT2D eigenvalue weighted by Gasteiger charge is -2.00. The van der Waals surface area contributed by atoms with Gasteiger partial charge in [-0.2, -0.15) is 0 Å². The van der Waals surface area contributed by atoms with Crippen molar-refractivity contribution in [3.63, 3.8) is 0 Å². The first-order chi connectivity index (χ1) is 9.33. The molecule has 0 atom stereocenters. The zero-order chi connectivity index (χ0) is 13.1. The zero-order valence-corrected chi connectivity index (χ0v) is 10.3. The Balaban J connectivity index is 1.99. The molecule has 0 N–H and O–H groups in total. The number of nitrogens with zero attached hydrogens (tertiary/aromatic N) is 1. The van der Waals surface area contributed by atoms with Gasteiger partial charge in [0.2, 0.25) is 0 Å². The molecule has 19 heavy (non-hydrogen) atoms. The molecule has 0 aliphatic rings. The first kappa shape index (κ1) is 11.6. The summed E-state index contributed by atoms with van der Waals surface area (Å²) in [5.74, 6) is -0.222. The molecule has 0 saturated heterocycles. The molecule has 1 heterocycles. The smallest absolute Gasteiger partial charge is 0.123 e. The highest BCUT2D eigenvalue weighted by Crippen LogP contribution is 2.18. The van der Waals surface area contributed by atoms with Crippen molar-refractivity contribution < 1.29 is 4.39 Å². The Hall–Kier alpha value is -2.48. The third-order valence-electron chi connectivity index (χ3n) is 3.01. The molecule has 0 saturated carbocycles. The van der Waals surface area contributed by atoms with Crippen molar-refractivity contribution >= 4 is 22.9 Å². The van der Waals surface area contributed by atoms with E-state index in [4.69, 9.17) is 0 Å². The monoisotopic (exact) mass is 249 g/mol. The fraction of sp³-hybridized carbons (Fsp3) is 0. The van der Waals surface area contributed by atoms with Crippen LogP contribution in [0.25, 0.3) is 22.9 Å². The van der Waals surface area contributed by atoms with E-state index in [0.29, 0.717) is 0 Å². The van der Waals surface area contributed by atoms with Crippen LogP contribution in [0.5, 0.6) is 0 Å². The van der Waals surface area contributed by atoms with Gasteiger partial charge in [-0.15, -0.1) is 0 Å². The lowest BCUT2D eigenvalue weighted by Crippen LogP contribution is -1.83. The van der Waals surface area contributed by atoms with Crippen LogP contribution >= 0.6 is 0 Å². The van der Waals surface area contributed by atoms with E-state index in [1.54, 1.807) is 18.3 Å². The van der Waals surface area contributed by atoms with Crippen molar-refractivity contribution in [3.05, 3.63) is 77.9 Å². The van der Waals surface area contributed by atoms with Crippen LogP contribution in [0.2, 0.25) is 0 Å². The molecule has 3 rings (SSSR count). The SMILES string of the molecule is Fc1ccc(C=Cc2nccc3ccccc23)cc1. The summed E-state index contributed by atoms with van der Waals surface area (Å²) in [5, 5.41) is 2.28. The van der Waals surface area contributed by atoms with Crippen molar-refractivity contribution in [1.82, 2.24) is 4.98 Å². The molecule has 1 nitrogen and oxygen atoms in total. The molecule has 2 heteroatoms. The van der Waals surface area contributed by atoms with E-state index in [-0.39, 0.29) is 5.82 Å². The highest BCUT2D eigenvalue weighted by Gasteiger charge is 1.97. The number of halogens is 1. The maximum absolute atomic E-state index is 12.8. The second kappa shape index (κ2) is 5.02. The van der Waals surface area contributed by atoms with Crippen LogP contribution in [0.3, 0.4) is 0 Å². The molecule has 0 spiro atoms. The Labute approximate surface area is 111 Å². The van der Waals surface area contributed by atoms with Crippen molar-refractivity contribution in [2.45, 2.75) is 0 Å². The Morgan fingerprint density at radius 1 is 0.842 bits per heavy atom. The van der Waals surface area contributed by atoms with Crippen LogP contribution in [0.1, 0.15) is 11.3 Å². The molecule has 0 aliphatic heterocycles. The standard InChI is InChI=1S/C17H12FN/c18-15-8-5-13(6-9-15)7-10-17-16-4-2-1-3-14(16)11-12-19-17/h1-12H. The maximum Gasteiger partial charge on any atom is 0.123 e. The highest BCUT2D eigenvalue weighted by atomic mass is 19.1. The van der Waals surface area contributed by atoms with Gasteiger partial charge in [-0.1, -0.05) is 42.5 Å². The molecule has 0 unspecified atom stereocenters. The fourth-order valence-electron chi connectivity index (χ4n) is 2.02. The van der Waals surface area contributed by atoms with Gasteiger partial charge in [0.25, 0.3) is 0 Å². The molecule has 2 aromatic carbocycles. The summed E-state index contributed by atoms with van der Waals surface area (Å²) in [5.41, 5.74) is 1.87. The summed E-state index contributed by atoms with van der Waals surface area (Å²) < 4.78 is 12.8. The van der Waals surface area contributed by atoms with E-state index in [2.05, 4.69) is 11.1 Å². The molecular formula is C17H12FN. The van der Waals surface area contributed by atoms with E-state index in [0.717, 1.165) is 22.0 Å². The average molecular weight is 249 g/mol. The van der Waals surface area contributed by atoms with Gasteiger partial charge in [-0.25, -0.2) is 4.39 Å². The molecule has 0 amide bonds. The Bertz CT molecular complexity index is 724. The topological polar surface area (TPSA) is 12.9 Å². The first-order valence-electron chi connectivity index (χ1n) is 6.10. The molecule has 0 fully saturated rings. The maximum atomic E-state index is 12.8. The third-order valence-corrected chi connectivity index (χ3v) is 3.01. The molecular weight excluding hydrogens is 237 g/mol. The molecule has 0 bridgehead atoms. The lowest BCUT2D eigenvalue weighted by atomic mass is 10.1. The number of hydrogen-bond acceptors (Lipinski definition) is 1. The predicted molar refractivity (Wildman–Crippen MR) is 77.1 cm³/mol. The van der Waals surface area contributed by atoms with Crippen LogP contribution in [-0.4, -0.2) is 4.98 Å². The van der Waals surface area contributed by atoms with E-state index in [9.17, 15) is 4.39 Å². The van der Waals surface area contributed by atoms with Gasteiger partial charge in [0.05, 0.1) is 5.69 Å². The van der Waals surface area contributed by atoms with Crippen molar-refractivity contribution in [3.8, 4) is 0 Å². The number of rotatable bonds is 2. The van der Waals surface area contributed by atoms with Gasteiger partial charge in [0.1, 0.15) is 5.82 Å². The van der Waals surface area contributed by atoms with Crippen LogP contribution in [0.15, 0.2) is 60.8 Å². The minimum Gasteiger partial charge on any atom is -0.256 e. The largest absolute Gasteiger partial charge is 0.256 e. The molecule has 92 valence electrons. The van der Waals surface area contributed by atoms with Crippen LogP contribution in [-0.2, 0) is 0 Å². The van der Waals surface area contributed by atoms with Gasteiger partial charge >= 0.3 is 0 Å². The first-order valence-corrected chi connectivity index (χ1v) is 6.10. The van der Waals surface area contributed by atoms with E-state index >= 15 is 0 Å². The Morgan fingerprint density at radius 2 is 1.63 bits per heavy atom. The summed E-state index contributed by atoms with van der Waals surface area (Å²) in [4.78, 5) is 4.38. The summed E-state index contributed by atoms with van der Waals surface area (Å²) >= 11 is 0. The van der Waals surface area contributed by atoms with Gasteiger partial charge < -0.3 is 0 Å². The molecule has 0 radical (unpaired) electrons. The van der Waals surface area contributed by atoms with E-state index in [1.807, 2.05) is 36.4 Å². The Kier molecular flexibility index (Phi) is 3.07. The van der Waals surface area contributed by atoms with Crippen LogP contribution in [0, 0.1) is 5.82 Å². The number of pyridine rings is 1. The number of benzene rings is 2. The molecule has 0 aliphatic carbocycles. The normalized spacial score (nSPS) is 11.2. The zero-order valence-electron chi connectivity index (χ0n) is 10.3. The minimum atomic E-state index is -0.222. The van der Waals surface area contributed by atoms with Crippen LogP contribution in [0.4, 0.5) is 4.39 Å². The van der Waals surface area contributed by atoms with E-state index in [1.165, 1.54) is 12.1 Å². The summed E-state index contributed by atoms with van der Waals surface area (Å²) in [6.45, 7) is 0. The van der Waals surface area contributed by atoms with Gasteiger partial charge in [0, 0.05) is 11.6 Å². The summed E-state index contributed by atoms with van der Waals surface area (Å²) in [7, 11) is 0. The predicted octanol–water partition coefficient (Wildman–Crippen LogP) is 4.54. The second-order valence-corrected chi connectivity index (χ2v) is 4.30. The number of hydrogen-bond donors (Lipinski definition) is 0. The third kappa shape index (κ3) is 2.52. The van der Waals surface area contributed by atoms with E-state index < -0.39 is 0 Å². The average Bonchev–Trinajstić information content (AvgIpc) is 2.47. The summed E-state index contributed by atoms with van der Waals surface area (Å²) in [6, 6.07) is 16.5. The Morgan fingerprint density at radius 3 is 2.47 bits per heavy atom. The fourth-order valence-corrected chi connectivity index (χ4v) is 2.02. The lowest BCUT2D eigenvalue weighted by molar-refractivity contribution is 0.628. The molecule has 1 aromatic heterocycles. The summed E-state index contributed by atoms with van der Waals surface area (Å²) in [6.07, 6.45) is 5.69. The van der Waals surface area contributed by atoms with Gasteiger partial charge in [-0.3, -0.25) is 4.98 Å². The van der Waals surface area contributed by atoms with Crippen molar-refractivity contribution in [2.75, 3.05) is 0 Å². The van der Waals surface area contributed by atoms with Crippen LogP contribution < -0.4 is 0 Å². The van der Waals surface area contributed by atoms with Crippen molar-refractivity contribution in [2.24, 2.45) is 0 Å². The quantitative estimate of drug-likeness (QED) is 0.649. The van der Waals surface area contributed by atoms with Crippen molar-refractivity contribution in [1.29, 1.82) is 0 Å². The molecule has 3 aromatic rings. The van der Waals surface area contributed by atoms with Gasteiger partial charge in [-0.05, 0) is 35.2 Å². The number of aromatic nitrogens is 1. The highest BCUT2D eigenvalue weighted by molar-refractivity contribution is 5.90.